The zero-order valence-corrected chi connectivity index (χ0v) is 17.2. The average molecular weight is 414 g/mol. The molecule has 2 aromatic rings. The van der Waals surface area contributed by atoms with Crippen molar-refractivity contribution < 1.29 is 19.1 Å². The monoisotopic (exact) mass is 413 g/mol. The van der Waals surface area contributed by atoms with Crippen LogP contribution in [-0.2, 0) is 21.4 Å². The van der Waals surface area contributed by atoms with Crippen LogP contribution in [0.25, 0.3) is 0 Å². The third-order valence-corrected chi connectivity index (χ3v) is 4.48. The van der Waals surface area contributed by atoms with Crippen molar-refractivity contribution in [3.63, 3.8) is 0 Å². The van der Waals surface area contributed by atoms with E-state index in [0.29, 0.717) is 22.2 Å². The lowest BCUT2D eigenvalue weighted by atomic mass is 10.3. The van der Waals surface area contributed by atoms with E-state index in [4.69, 9.17) is 32.7 Å². The van der Waals surface area contributed by atoms with Gasteiger partial charge in [-0.05, 0) is 45.9 Å². The number of benzene rings is 1. The Labute approximate surface area is 167 Å². The number of carbonyl (C=O) groups is 2. The molecule has 2 atom stereocenters. The van der Waals surface area contributed by atoms with Gasteiger partial charge in [-0.15, -0.1) is 0 Å². The summed E-state index contributed by atoms with van der Waals surface area (Å²) in [6.07, 6.45) is -1.97. The van der Waals surface area contributed by atoms with Gasteiger partial charge in [0.1, 0.15) is 5.75 Å². The van der Waals surface area contributed by atoms with Gasteiger partial charge in [-0.25, -0.2) is 4.79 Å². The van der Waals surface area contributed by atoms with E-state index in [1.165, 1.54) is 19.9 Å². The molecule has 27 heavy (non-hydrogen) atoms. The zero-order chi connectivity index (χ0) is 20.3. The number of hydrogen-bond donors (Lipinski definition) is 1. The summed E-state index contributed by atoms with van der Waals surface area (Å²) in [6, 6.07) is 4.65. The zero-order valence-electron chi connectivity index (χ0n) is 15.7. The van der Waals surface area contributed by atoms with Crippen molar-refractivity contribution >= 4 is 40.8 Å². The topological polar surface area (TPSA) is 82.5 Å². The number of anilines is 1. The number of aromatic nitrogens is 2. The van der Waals surface area contributed by atoms with Gasteiger partial charge >= 0.3 is 5.97 Å². The van der Waals surface area contributed by atoms with Crippen molar-refractivity contribution in [1.29, 1.82) is 0 Å². The molecule has 1 aromatic carbocycles. The number of aryl methyl sites for hydroxylation is 2. The molecule has 1 heterocycles. The lowest BCUT2D eigenvalue weighted by Gasteiger charge is -2.18. The van der Waals surface area contributed by atoms with Gasteiger partial charge in [-0.2, -0.15) is 5.10 Å². The van der Waals surface area contributed by atoms with E-state index in [1.807, 2.05) is 6.92 Å². The predicted molar refractivity (Wildman–Crippen MR) is 103 cm³/mol. The molecule has 0 saturated heterocycles. The molecule has 0 fully saturated rings. The fourth-order valence-electron chi connectivity index (χ4n) is 2.31. The molecule has 0 aliphatic rings. The Bertz CT molecular complexity index is 867. The predicted octanol–water partition coefficient (Wildman–Crippen LogP) is 3.68. The molecule has 0 aliphatic heterocycles. The smallest absolute Gasteiger partial charge is 0.347 e. The number of carbonyl (C=O) groups excluding carboxylic acids is 2. The summed E-state index contributed by atoms with van der Waals surface area (Å²) in [6.45, 7) is 6.60. The van der Waals surface area contributed by atoms with Crippen LogP contribution in [0.4, 0.5) is 5.69 Å². The van der Waals surface area contributed by atoms with Gasteiger partial charge in [0, 0.05) is 12.1 Å². The van der Waals surface area contributed by atoms with Crippen LogP contribution >= 0.6 is 23.2 Å². The normalized spacial score (nSPS) is 13.0. The summed E-state index contributed by atoms with van der Waals surface area (Å²) < 4.78 is 12.3. The second-order valence-corrected chi connectivity index (χ2v) is 6.92. The fraction of sp³-hybridized carbons (Fsp3) is 0.389. The summed E-state index contributed by atoms with van der Waals surface area (Å²) in [7, 11) is 1.78. The molecule has 1 N–H and O–H groups in total. The fourth-order valence-corrected chi connectivity index (χ4v) is 2.77. The molecule has 7 nitrogen and oxygen atoms in total. The molecule has 0 bridgehead atoms. The first kappa shape index (κ1) is 21.1. The van der Waals surface area contributed by atoms with E-state index in [0.717, 1.165) is 5.69 Å². The molecular weight excluding hydrogens is 393 g/mol. The minimum atomic E-state index is -1.01. The van der Waals surface area contributed by atoms with E-state index in [1.54, 1.807) is 30.8 Å². The van der Waals surface area contributed by atoms with Crippen molar-refractivity contribution in [2.75, 3.05) is 5.32 Å². The maximum absolute atomic E-state index is 12.3. The van der Waals surface area contributed by atoms with Crippen LogP contribution in [0.3, 0.4) is 0 Å². The van der Waals surface area contributed by atoms with Crippen molar-refractivity contribution in [2.45, 2.75) is 39.9 Å². The molecular formula is C18H21Cl2N3O4. The number of ether oxygens (including phenoxy) is 2. The Balaban J connectivity index is 1.96. The third kappa shape index (κ3) is 5.14. The number of nitrogens with one attached hydrogen (secondary N) is 1. The minimum absolute atomic E-state index is 0.274. The summed E-state index contributed by atoms with van der Waals surface area (Å²) >= 11 is 11.9. The Morgan fingerprint density at radius 2 is 1.85 bits per heavy atom. The highest BCUT2D eigenvalue weighted by Crippen LogP contribution is 2.28. The Hall–Kier alpha value is -2.25. The minimum Gasteiger partial charge on any atom is -0.477 e. The lowest BCUT2D eigenvalue weighted by molar-refractivity contribution is -0.159. The van der Waals surface area contributed by atoms with Crippen LogP contribution in [0.5, 0.6) is 5.75 Å². The van der Waals surface area contributed by atoms with E-state index >= 15 is 0 Å². The number of halogens is 2. The summed E-state index contributed by atoms with van der Waals surface area (Å²) in [5.74, 6) is -0.855. The van der Waals surface area contributed by atoms with Crippen LogP contribution in [0.2, 0.25) is 10.0 Å². The second-order valence-electron chi connectivity index (χ2n) is 6.07. The van der Waals surface area contributed by atoms with Gasteiger partial charge in [0.2, 0.25) is 0 Å². The number of nitrogens with zero attached hydrogens (tertiary/aromatic N) is 2. The molecule has 0 spiro atoms. The SMILES string of the molecule is Cc1nn(C)c(C)c1NC(=O)[C@H](C)OC(=O)[C@@H](C)Oc1ccc(Cl)cc1Cl. The molecule has 0 aliphatic carbocycles. The average Bonchev–Trinajstić information content (AvgIpc) is 2.83. The van der Waals surface area contributed by atoms with Gasteiger partial charge in [-0.3, -0.25) is 9.48 Å². The molecule has 1 amide bonds. The maximum atomic E-state index is 12.3. The van der Waals surface area contributed by atoms with E-state index in [2.05, 4.69) is 10.4 Å². The quantitative estimate of drug-likeness (QED) is 0.730. The molecule has 0 unspecified atom stereocenters. The van der Waals surface area contributed by atoms with E-state index in [9.17, 15) is 9.59 Å². The maximum Gasteiger partial charge on any atom is 0.347 e. The molecule has 9 heteroatoms. The van der Waals surface area contributed by atoms with Crippen LogP contribution in [0, 0.1) is 13.8 Å². The number of amides is 1. The first-order valence-electron chi connectivity index (χ1n) is 8.23. The highest BCUT2D eigenvalue weighted by atomic mass is 35.5. The van der Waals surface area contributed by atoms with Crippen LogP contribution in [0.15, 0.2) is 18.2 Å². The van der Waals surface area contributed by atoms with Crippen molar-refractivity contribution in [1.82, 2.24) is 9.78 Å². The van der Waals surface area contributed by atoms with Crippen molar-refractivity contribution in [3.05, 3.63) is 39.6 Å². The van der Waals surface area contributed by atoms with Gasteiger partial charge in [0.25, 0.3) is 5.91 Å². The van der Waals surface area contributed by atoms with Crippen molar-refractivity contribution in [2.24, 2.45) is 7.05 Å². The highest BCUT2D eigenvalue weighted by Gasteiger charge is 2.25. The van der Waals surface area contributed by atoms with E-state index < -0.39 is 24.1 Å². The first-order valence-corrected chi connectivity index (χ1v) is 8.99. The molecule has 1 aromatic heterocycles. The summed E-state index contributed by atoms with van der Waals surface area (Å²) in [5.41, 5.74) is 2.08. The van der Waals surface area contributed by atoms with Crippen LogP contribution < -0.4 is 10.1 Å². The summed E-state index contributed by atoms with van der Waals surface area (Å²) in [4.78, 5) is 24.6. The van der Waals surface area contributed by atoms with Gasteiger partial charge in [-0.1, -0.05) is 23.2 Å². The van der Waals surface area contributed by atoms with Crippen molar-refractivity contribution in [3.8, 4) is 5.75 Å². The standard InChI is InChI=1S/C18H21Cl2N3O4/c1-9-16(10(2)23(5)22-9)21-17(24)11(3)27-18(25)12(4)26-15-7-6-13(19)8-14(15)20/h6-8,11-12H,1-5H3,(H,21,24)/t11-,12+/m0/s1. The largest absolute Gasteiger partial charge is 0.477 e. The van der Waals surface area contributed by atoms with Gasteiger partial charge < -0.3 is 14.8 Å². The molecule has 2 rings (SSSR count). The van der Waals surface area contributed by atoms with Crippen LogP contribution in [0.1, 0.15) is 25.2 Å². The number of rotatable bonds is 6. The second kappa shape index (κ2) is 8.63. The Kier molecular flexibility index (Phi) is 6.73. The van der Waals surface area contributed by atoms with Crippen LogP contribution in [-0.4, -0.2) is 33.9 Å². The Morgan fingerprint density at radius 1 is 1.19 bits per heavy atom. The molecule has 0 radical (unpaired) electrons. The lowest BCUT2D eigenvalue weighted by Crippen LogP contribution is -2.35. The first-order chi connectivity index (χ1) is 12.6. The van der Waals surface area contributed by atoms with Gasteiger partial charge in [0.05, 0.1) is 22.1 Å². The Morgan fingerprint density at radius 3 is 2.41 bits per heavy atom. The van der Waals surface area contributed by atoms with E-state index in [-0.39, 0.29) is 5.02 Å². The number of esters is 1. The van der Waals surface area contributed by atoms with Gasteiger partial charge in [0.15, 0.2) is 12.2 Å². The number of hydrogen-bond acceptors (Lipinski definition) is 5. The molecule has 146 valence electrons. The highest BCUT2D eigenvalue weighted by molar-refractivity contribution is 6.35. The molecule has 0 saturated carbocycles. The third-order valence-electron chi connectivity index (χ3n) is 3.95. The summed E-state index contributed by atoms with van der Waals surface area (Å²) in [5, 5.41) is 7.68.